The molecule has 5 nitrogen and oxygen atoms in total. The van der Waals surface area contributed by atoms with Gasteiger partial charge in [-0.3, -0.25) is 14.5 Å². The van der Waals surface area contributed by atoms with Crippen LogP contribution < -0.4 is 5.32 Å². The summed E-state index contributed by atoms with van der Waals surface area (Å²) in [5.74, 6) is 0.171. The van der Waals surface area contributed by atoms with Gasteiger partial charge in [0.15, 0.2) is 0 Å². The smallest absolute Gasteiger partial charge is 0.234 e. The Morgan fingerprint density at radius 2 is 1.76 bits per heavy atom. The van der Waals surface area contributed by atoms with Crippen molar-refractivity contribution in [2.24, 2.45) is 0 Å². The van der Waals surface area contributed by atoms with E-state index < -0.39 is 0 Å². The van der Waals surface area contributed by atoms with Crippen LogP contribution in [0.5, 0.6) is 0 Å². The molecule has 2 amide bonds. The molecule has 1 heterocycles. The molecule has 1 aliphatic rings. The number of hydrogen-bond acceptors (Lipinski definition) is 3. The maximum absolute atomic E-state index is 11.9. The molecule has 1 aromatic rings. The summed E-state index contributed by atoms with van der Waals surface area (Å²) in [4.78, 5) is 27.0. The summed E-state index contributed by atoms with van der Waals surface area (Å²) in [6.45, 7) is 5.64. The second-order valence-electron chi connectivity index (χ2n) is 5.37. The molecule has 0 unspecified atom stereocenters. The van der Waals surface area contributed by atoms with Crippen LogP contribution in [0.1, 0.15) is 12.5 Å². The van der Waals surface area contributed by atoms with Gasteiger partial charge in [-0.2, -0.15) is 0 Å². The number of nitrogens with zero attached hydrogens (tertiary/aromatic N) is 2. The van der Waals surface area contributed by atoms with Crippen LogP contribution in [0.4, 0.5) is 0 Å². The van der Waals surface area contributed by atoms with E-state index >= 15 is 0 Å². The molecule has 1 aliphatic heterocycles. The first kappa shape index (κ1) is 15.5. The second-order valence-corrected chi connectivity index (χ2v) is 5.37. The predicted molar refractivity (Wildman–Crippen MR) is 81.8 cm³/mol. The molecule has 0 radical (unpaired) electrons. The fourth-order valence-corrected chi connectivity index (χ4v) is 2.47. The zero-order chi connectivity index (χ0) is 15.1. The molecule has 21 heavy (non-hydrogen) atoms. The molecule has 114 valence electrons. The van der Waals surface area contributed by atoms with Gasteiger partial charge in [0.1, 0.15) is 0 Å². The molecule has 0 aromatic heterocycles. The van der Waals surface area contributed by atoms with E-state index in [9.17, 15) is 9.59 Å². The van der Waals surface area contributed by atoms with Gasteiger partial charge in [0, 0.05) is 39.6 Å². The van der Waals surface area contributed by atoms with Crippen molar-refractivity contribution in [2.75, 3.05) is 39.3 Å². The highest BCUT2D eigenvalue weighted by molar-refractivity contribution is 5.78. The largest absolute Gasteiger partial charge is 0.355 e. The maximum atomic E-state index is 11.9. The van der Waals surface area contributed by atoms with E-state index in [-0.39, 0.29) is 11.8 Å². The van der Waals surface area contributed by atoms with Gasteiger partial charge in [-0.25, -0.2) is 0 Å². The van der Waals surface area contributed by atoms with Crippen molar-refractivity contribution in [3.05, 3.63) is 35.9 Å². The average molecular weight is 289 g/mol. The number of carbonyl (C=O) groups excluding carboxylic acids is 2. The Bertz CT molecular complexity index is 468. The number of hydrogen-bond donors (Lipinski definition) is 1. The number of rotatable bonds is 5. The van der Waals surface area contributed by atoms with Gasteiger partial charge < -0.3 is 10.2 Å². The lowest BCUT2D eigenvalue weighted by atomic mass is 10.1. The van der Waals surface area contributed by atoms with Crippen LogP contribution >= 0.6 is 0 Å². The minimum Gasteiger partial charge on any atom is -0.355 e. The van der Waals surface area contributed by atoms with Gasteiger partial charge in [-0.05, 0) is 12.0 Å². The molecule has 0 atom stereocenters. The molecule has 5 heteroatoms. The fraction of sp³-hybridized carbons (Fsp3) is 0.500. The highest BCUT2D eigenvalue weighted by Gasteiger charge is 2.19. The molecule has 1 aromatic carbocycles. The Morgan fingerprint density at radius 3 is 2.38 bits per heavy atom. The Hall–Kier alpha value is -1.88. The van der Waals surface area contributed by atoms with Crippen LogP contribution in [0.3, 0.4) is 0 Å². The molecule has 1 saturated heterocycles. The van der Waals surface area contributed by atoms with Crippen molar-refractivity contribution in [2.45, 2.75) is 13.3 Å². The molecule has 0 bridgehead atoms. The van der Waals surface area contributed by atoms with E-state index in [0.29, 0.717) is 26.2 Å². The molecule has 1 N–H and O–H groups in total. The summed E-state index contributed by atoms with van der Waals surface area (Å²) in [7, 11) is 0. The first-order chi connectivity index (χ1) is 10.1. The minimum absolute atomic E-state index is 0.0576. The monoisotopic (exact) mass is 289 g/mol. The van der Waals surface area contributed by atoms with Crippen LogP contribution in [0.25, 0.3) is 0 Å². The van der Waals surface area contributed by atoms with Crippen LogP contribution in [0.15, 0.2) is 30.3 Å². The topological polar surface area (TPSA) is 52.7 Å². The highest BCUT2D eigenvalue weighted by Crippen LogP contribution is 2.02. The Morgan fingerprint density at radius 1 is 1.10 bits per heavy atom. The van der Waals surface area contributed by atoms with Gasteiger partial charge in [0.2, 0.25) is 11.8 Å². The zero-order valence-electron chi connectivity index (χ0n) is 12.5. The van der Waals surface area contributed by atoms with Crippen molar-refractivity contribution in [3.8, 4) is 0 Å². The predicted octanol–water partition coefficient (Wildman–Crippen LogP) is 0.509. The van der Waals surface area contributed by atoms with E-state index in [1.807, 2.05) is 23.1 Å². The van der Waals surface area contributed by atoms with Crippen molar-refractivity contribution in [3.63, 3.8) is 0 Å². The summed E-state index contributed by atoms with van der Waals surface area (Å²) >= 11 is 0. The average Bonchev–Trinajstić information content (AvgIpc) is 2.49. The molecule has 0 saturated carbocycles. The Kier molecular flexibility index (Phi) is 5.75. The molecule has 1 fully saturated rings. The molecule has 2 rings (SSSR count). The lowest BCUT2D eigenvalue weighted by Gasteiger charge is -2.33. The van der Waals surface area contributed by atoms with Crippen molar-refractivity contribution in [1.82, 2.24) is 15.1 Å². The third-order valence-corrected chi connectivity index (χ3v) is 3.76. The van der Waals surface area contributed by atoms with Gasteiger partial charge in [-0.1, -0.05) is 30.3 Å². The zero-order valence-corrected chi connectivity index (χ0v) is 12.5. The standard InChI is InChI=1S/C16H23N3O2/c1-14(20)19-11-9-18(10-12-19)13-16(21)17-8-7-15-5-3-2-4-6-15/h2-6H,7-13H2,1H3,(H,17,21). The summed E-state index contributed by atoms with van der Waals surface area (Å²) in [6.07, 6.45) is 0.852. The summed E-state index contributed by atoms with van der Waals surface area (Å²) in [6, 6.07) is 10.1. The third-order valence-electron chi connectivity index (χ3n) is 3.76. The second kappa shape index (κ2) is 7.78. The molecule has 0 spiro atoms. The van der Waals surface area contributed by atoms with Crippen molar-refractivity contribution in [1.29, 1.82) is 0 Å². The van der Waals surface area contributed by atoms with E-state index in [2.05, 4.69) is 22.3 Å². The Balaban J connectivity index is 1.63. The summed E-state index contributed by atoms with van der Waals surface area (Å²) in [5, 5.41) is 2.95. The van der Waals surface area contributed by atoms with Crippen LogP contribution in [-0.4, -0.2) is 60.9 Å². The number of piperazine rings is 1. The number of nitrogens with one attached hydrogen (secondary N) is 1. The summed E-state index contributed by atoms with van der Waals surface area (Å²) < 4.78 is 0. The van der Waals surface area contributed by atoms with Crippen LogP contribution in [-0.2, 0) is 16.0 Å². The fourth-order valence-electron chi connectivity index (χ4n) is 2.47. The van der Waals surface area contributed by atoms with E-state index in [1.165, 1.54) is 5.56 Å². The molecular formula is C16H23N3O2. The summed E-state index contributed by atoms with van der Waals surface area (Å²) in [5.41, 5.74) is 1.23. The van der Waals surface area contributed by atoms with E-state index in [1.54, 1.807) is 6.92 Å². The normalized spacial score (nSPS) is 15.8. The van der Waals surface area contributed by atoms with E-state index in [0.717, 1.165) is 19.5 Å². The third kappa shape index (κ3) is 5.19. The first-order valence-corrected chi connectivity index (χ1v) is 7.43. The van der Waals surface area contributed by atoms with Crippen molar-refractivity contribution < 1.29 is 9.59 Å². The SMILES string of the molecule is CC(=O)N1CCN(CC(=O)NCCc2ccccc2)CC1. The maximum Gasteiger partial charge on any atom is 0.234 e. The lowest BCUT2D eigenvalue weighted by Crippen LogP contribution is -2.50. The lowest BCUT2D eigenvalue weighted by molar-refractivity contribution is -0.131. The van der Waals surface area contributed by atoms with Crippen molar-refractivity contribution >= 4 is 11.8 Å². The van der Waals surface area contributed by atoms with Gasteiger partial charge in [0.05, 0.1) is 6.54 Å². The quantitative estimate of drug-likeness (QED) is 0.859. The Labute approximate surface area is 125 Å². The number of amides is 2. The highest BCUT2D eigenvalue weighted by atomic mass is 16.2. The number of carbonyl (C=O) groups is 2. The van der Waals surface area contributed by atoms with Crippen LogP contribution in [0, 0.1) is 0 Å². The first-order valence-electron chi connectivity index (χ1n) is 7.43. The molecule has 0 aliphatic carbocycles. The van der Waals surface area contributed by atoms with Gasteiger partial charge in [-0.15, -0.1) is 0 Å². The van der Waals surface area contributed by atoms with Gasteiger partial charge >= 0.3 is 0 Å². The number of benzene rings is 1. The van der Waals surface area contributed by atoms with E-state index in [4.69, 9.17) is 0 Å². The minimum atomic E-state index is 0.0576. The van der Waals surface area contributed by atoms with Crippen LogP contribution in [0.2, 0.25) is 0 Å². The van der Waals surface area contributed by atoms with Gasteiger partial charge in [0.25, 0.3) is 0 Å². The molecular weight excluding hydrogens is 266 g/mol.